The van der Waals surface area contributed by atoms with Crippen LogP contribution in [-0.4, -0.2) is 19.0 Å². The number of anilines is 1. The van der Waals surface area contributed by atoms with Crippen LogP contribution in [-0.2, 0) is 0 Å². The van der Waals surface area contributed by atoms with E-state index in [9.17, 15) is 0 Å². The molecule has 1 aliphatic rings. The third-order valence-electron chi connectivity index (χ3n) is 3.20. The van der Waals surface area contributed by atoms with E-state index in [-0.39, 0.29) is 0 Å². The van der Waals surface area contributed by atoms with Gasteiger partial charge in [-0.3, -0.25) is 0 Å². The summed E-state index contributed by atoms with van der Waals surface area (Å²) < 4.78 is 0. The first-order valence-electron chi connectivity index (χ1n) is 5.72. The summed E-state index contributed by atoms with van der Waals surface area (Å²) in [4.78, 5) is 2.47. The van der Waals surface area contributed by atoms with Crippen LogP contribution in [0.4, 0.5) is 5.69 Å². The van der Waals surface area contributed by atoms with Crippen LogP contribution in [0.25, 0.3) is 0 Å². The van der Waals surface area contributed by atoms with Crippen molar-refractivity contribution in [3.05, 3.63) is 29.8 Å². The summed E-state index contributed by atoms with van der Waals surface area (Å²) in [5.74, 6) is 1.46. The Labute approximate surface area is 97.0 Å². The topological polar surface area (TPSA) is 3.24 Å². The minimum Gasteiger partial charge on any atom is -0.371 e. The highest BCUT2D eigenvalue weighted by Gasteiger charge is 2.20. The molecule has 0 amide bonds. The van der Waals surface area contributed by atoms with E-state index < -0.39 is 0 Å². The first-order chi connectivity index (χ1) is 7.33. The van der Waals surface area contributed by atoms with Crippen LogP contribution in [0.1, 0.15) is 31.2 Å². The van der Waals surface area contributed by atoms with Crippen molar-refractivity contribution < 1.29 is 0 Å². The molecular weight excluding hydrogens is 206 g/mol. The second-order valence-electron chi connectivity index (χ2n) is 4.28. The van der Waals surface area contributed by atoms with Gasteiger partial charge in [0.15, 0.2) is 0 Å². The van der Waals surface area contributed by atoms with Gasteiger partial charge in [0.2, 0.25) is 0 Å². The number of fused-ring (bicyclic) bond motifs is 1. The molecule has 1 nitrogen and oxygen atoms in total. The summed E-state index contributed by atoms with van der Waals surface area (Å²) in [5.41, 5.74) is 2.92. The molecule has 0 aromatic heterocycles. The summed E-state index contributed by atoms with van der Waals surface area (Å²) in [6.45, 7) is 4.58. The molecule has 0 bridgehead atoms. The van der Waals surface area contributed by atoms with Gasteiger partial charge in [-0.25, -0.2) is 0 Å². The summed E-state index contributed by atoms with van der Waals surface area (Å²) >= 11 is 5.75. The maximum Gasteiger partial charge on any atom is 0.0401 e. The number of hydrogen-bond donors (Lipinski definition) is 0. The number of hydrogen-bond acceptors (Lipinski definition) is 1. The summed E-state index contributed by atoms with van der Waals surface area (Å²) in [6.07, 6.45) is 2.34. The minimum atomic E-state index is 0.702. The number of halogens is 1. The van der Waals surface area contributed by atoms with E-state index in [1.807, 2.05) is 0 Å². The number of para-hydroxylation sites is 1. The molecule has 0 aliphatic carbocycles. The van der Waals surface area contributed by atoms with Crippen molar-refractivity contribution in [3.63, 3.8) is 0 Å². The first-order valence-corrected chi connectivity index (χ1v) is 6.26. The Morgan fingerprint density at radius 2 is 2.20 bits per heavy atom. The molecule has 0 fully saturated rings. The molecule has 15 heavy (non-hydrogen) atoms. The van der Waals surface area contributed by atoms with Gasteiger partial charge in [0.25, 0.3) is 0 Å². The zero-order valence-electron chi connectivity index (χ0n) is 9.25. The smallest absolute Gasteiger partial charge is 0.0401 e. The first kappa shape index (κ1) is 10.8. The average molecular weight is 224 g/mol. The SMILES string of the molecule is CC1CCN(CCCCl)c2ccccc21. The zero-order valence-corrected chi connectivity index (χ0v) is 10.0. The Morgan fingerprint density at radius 1 is 1.40 bits per heavy atom. The van der Waals surface area contributed by atoms with E-state index in [0.717, 1.165) is 18.8 Å². The highest BCUT2D eigenvalue weighted by atomic mass is 35.5. The van der Waals surface area contributed by atoms with Crippen molar-refractivity contribution in [2.45, 2.75) is 25.7 Å². The molecule has 82 valence electrons. The number of benzene rings is 1. The van der Waals surface area contributed by atoms with E-state index >= 15 is 0 Å². The minimum absolute atomic E-state index is 0.702. The Bertz CT molecular complexity index is 324. The molecule has 0 N–H and O–H groups in total. The Kier molecular flexibility index (Phi) is 3.53. The molecule has 2 heteroatoms. The molecule has 0 radical (unpaired) electrons. The molecule has 1 aliphatic heterocycles. The van der Waals surface area contributed by atoms with Gasteiger partial charge < -0.3 is 4.90 Å². The van der Waals surface area contributed by atoms with Crippen molar-refractivity contribution in [3.8, 4) is 0 Å². The Hall–Kier alpha value is -0.690. The number of alkyl halides is 1. The van der Waals surface area contributed by atoms with Crippen molar-refractivity contribution in [1.29, 1.82) is 0 Å². The standard InChI is InChI=1S/C13H18ClN/c1-11-7-10-15(9-4-8-14)13-6-3-2-5-12(11)13/h2-3,5-6,11H,4,7-10H2,1H3. The van der Waals surface area contributed by atoms with Crippen molar-refractivity contribution >= 4 is 17.3 Å². The molecule has 1 aromatic rings. The normalized spacial score (nSPS) is 20.1. The fourth-order valence-corrected chi connectivity index (χ4v) is 2.42. The van der Waals surface area contributed by atoms with Crippen LogP contribution in [0, 0.1) is 0 Å². The van der Waals surface area contributed by atoms with E-state index in [1.54, 1.807) is 0 Å². The van der Waals surface area contributed by atoms with Gasteiger partial charge in [-0.15, -0.1) is 11.6 Å². The summed E-state index contributed by atoms with van der Waals surface area (Å²) in [5, 5.41) is 0. The van der Waals surface area contributed by atoms with E-state index in [4.69, 9.17) is 11.6 Å². The van der Waals surface area contributed by atoms with Crippen LogP contribution in [0.2, 0.25) is 0 Å². The predicted molar refractivity (Wildman–Crippen MR) is 67.0 cm³/mol. The van der Waals surface area contributed by atoms with Crippen molar-refractivity contribution in [2.24, 2.45) is 0 Å². The molecule has 0 saturated heterocycles. The molecule has 2 rings (SSSR count). The lowest BCUT2D eigenvalue weighted by Crippen LogP contribution is -2.31. The summed E-state index contributed by atoms with van der Waals surface area (Å²) in [6, 6.07) is 8.76. The highest BCUT2D eigenvalue weighted by molar-refractivity contribution is 6.17. The Morgan fingerprint density at radius 3 is 3.00 bits per heavy atom. The van der Waals surface area contributed by atoms with Gasteiger partial charge in [-0.2, -0.15) is 0 Å². The molecule has 1 heterocycles. The van der Waals surface area contributed by atoms with Gasteiger partial charge in [0, 0.05) is 24.7 Å². The lowest BCUT2D eigenvalue weighted by atomic mass is 9.91. The quantitative estimate of drug-likeness (QED) is 0.708. The molecule has 1 atom stereocenters. The van der Waals surface area contributed by atoms with Gasteiger partial charge in [-0.05, 0) is 30.4 Å². The molecule has 1 aromatic carbocycles. The van der Waals surface area contributed by atoms with Gasteiger partial charge in [0.1, 0.15) is 0 Å². The lowest BCUT2D eigenvalue weighted by Gasteiger charge is -2.34. The fraction of sp³-hybridized carbons (Fsp3) is 0.538. The van der Waals surface area contributed by atoms with E-state index in [0.29, 0.717) is 5.92 Å². The Balaban J connectivity index is 2.20. The van der Waals surface area contributed by atoms with E-state index in [1.165, 1.54) is 24.2 Å². The van der Waals surface area contributed by atoms with Crippen molar-refractivity contribution in [2.75, 3.05) is 23.9 Å². The fourth-order valence-electron chi connectivity index (χ4n) is 2.30. The molecule has 0 saturated carbocycles. The third-order valence-corrected chi connectivity index (χ3v) is 3.47. The van der Waals surface area contributed by atoms with Gasteiger partial charge in [0.05, 0.1) is 0 Å². The zero-order chi connectivity index (χ0) is 10.7. The van der Waals surface area contributed by atoms with Crippen LogP contribution < -0.4 is 4.90 Å². The number of nitrogens with zero attached hydrogens (tertiary/aromatic N) is 1. The maximum atomic E-state index is 5.75. The average Bonchev–Trinajstić information content (AvgIpc) is 2.29. The predicted octanol–water partition coefficient (Wildman–Crippen LogP) is 3.63. The van der Waals surface area contributed by atoms with Crippen LogP contribution in [0.3, 0.4) is 0 Å². The summed E-state index contributed by atoms with van der Waals surface area (Å²) in [7, 11) is 0. The number of rotatable bonds is 3. The second kappa shape index (κ2) is 4.89. The maximum absolute atomic E-state index is 5.75. The van der Waals surface area contributed by atoms with Gasteiger partial charge >= 0.3 is 0 Å². The van der Waals surface area contributed by atoms with Crippen molar-refractivity contribution in [1.82, 2.24) is 0 Å². The van der Waals surface area contributed by atoms with Crippen LogP contribution in [0.5, 0.6) is 0 Å². The second-order valence-corrected chi connectivity index (χ2v) is 4.66. The molecule has 0 spiro atoms. The molecular formula is C13H18ClN. The van der Waals surface area contributed by atoms with Crippen LogP contribution in [0.15, 0.2) is 24.3 Å². The van der Waals surface area contributed by atoms with E-state index in [2.05, 4.69) is 36.1 Å². The third kappa shape index (κ3) is 2.28. The van der Waals surface area contributed by atoms with Crippen LogP contribution >= 0.6 is 11.6 Å². The molecule has 1 unspecified atom stereocenters. The highest BCUT2D eigenvalue weighted by Crippen LogP contribution is 2.34. The largest absolute Gasteiger partial charge is 0.371 e. The monoisotopic (exact) mass is 223 g/mol. The van der Waals surface area contributed by atoms with Gasteiger partial charge in [-0.1, -0.05) is 25.1 Å². The lowest BCUT2D eigenvalue weighted by molar-refractivity contribution is 0.607.